The predicted octanol–water partition coefficient (Wildman–Crippen LogP) is 5.46. The number of carbonyl (C=O) groups excluding carboxylic acids is 1. The van der Waals surface area contributed by atoms with E-state index in [4.69, 9.17) is 16.7 Å². The minimum Gasteiger partial charge on any atom is -0.481 e. The number of aromatic nitrogens is 1. The Balaban J connectivity index is 1.67. The number of hydrogen-bond acceptors (Lipinski definition) is 5. The van der Waals surface area contributed by atoms with Crippen LogP contribution in [0.2, 0.25) is 5.02 Å². The third kappa shape index (κ3) is 5.28. The molecule has 0 aliphatic carbocycles. The predicted molar refractivity (Wildman–Crippen MR) is 153 cm³/mol. The highest BCUT2D eigenvalue weighted by molar-refractivity contribution is 6.31. The Morgan fingerprint density at radius 2 is 1.74 bits per heavy atom. The molecule has 9 heteroatoms. The van der Waals surface area contributed by atoms with Crippen molar-refractivity contribution in [1.82, 2.24) is 9.99 Å². The van der Waals surface area contributed by atoms with Crippen LogP contribution in [0.15, 0.2) is 82.7 Å². The molecule has 1 aliphatic rings. The number of H-pyrrole nitrogens is 1. The molecule has 0 unspecified atom stereocenters. The molecule has 1 atom stereocenters. The number of anilines is 1. The van der Waals surface area contributed by atoms with Crippen LogP contribution >= 0.6 is 11.6 Å². The van der Waals surface area contributed by atoms with Gasteiger partial charge in [-0.2, -0.15) is 5.10 Å². The van der Waals surface area contributed by atoms with Crippen molar-refractivity contribution in [2.24, 2.45) is 5.10 Å². The molecule has 4 aromatic rings. The number of amides is 1. The number of hydrogen-bond donors (Lipinski definition) is 2. The smallest absolute Gasteiger partial charge is 0.303 e. The van der Waals surface area contributed by atoms with E-state index in [1.54, 1.807) is 18.2 Å². The third-order valence-corrected chi connectivity index (χ3v) is 7.08. The van der Waals surface area contributed by atoms with Crippen LogP contribution in [0.1, 0.15) is 36.4 Å². The van der Waals surface area contributed by atoms with Crippen molar-refractivity contribution < 1.29 is 14.7 Å². The summed E-state index contributed by atoms with van der Waals surface area (Å²) >= 11 is 6.37. The molecule has 0 saturated carbocycles. The monoisotopic (exact) mass is 542 g/mol. The molecule has 5 rings (SSSR count). The molecule has 1 aromatic heterocycles. The number of aromatic amines is 1. The van der Waals surface area contributed by atoms with Crippen LogP contribution in [-0.2, 0) is 9.59 Å². The van der Waals surface area contributed by atoms with Gasteiger partial charge in [0.05, 0.1) is 23.7 Å². The number of nitrogens with one attached hydrogen (secondary N) is 1. The largest absolute Gasteiger partial charge is 0.481 e. The molecule has 198 valence electrons. The molecule has 2 N–H and O–H groups in total. The number of rotatable bonds is 7. The zero-order valence-electron chi connectivity index (χ0n) is 21.5. The van der Waals surface area contributed by atoms with Crippen LogP contribution in [0.25, 0.3) is 22.0 Å². The molecule has 2 heterocycles. The van der Waals surface area contributed by atoms with E-state index in [2.05, 4.69) is 10.1 Å². The van der Waals surface area contributed by atoms with Crippen LogP contribution in [0.3, 0.4) is 0 Å². The second-order valence-electron chi connectivity index (χ2n) is 9.64. The van der Waals surface area contributed by atoms with Gasteiger partial charge in [0.1, 0.15) is 0 Å². The molecule has 0 bridgehead atoms. The third-order valence-electron chi connectivity index (χ3n) is 6.84. The van der Waals surface area contributed by atoms with Crippen molar-refractivity contribution in [3.05, 3.63) is 99.3 Å². The maximum absolute atomic E-state index is 13.6. The van der Waals surface area contributed by atoms with Crippen molar-refractivity contribution in [3.63, 3.8) is 0 Å². The minimum absolute atomic E-state index is 0.201. The fraction of sp³-hybridized carbons (Fsp3) is 0.200. The Kier molecular flexibility index (Phi) is 7.21. The van der Waals surface area contributed by atoms with E-state index < -0.39 is 17.9 Å². The molecular formula is C30H27ClN4O4. The van der Waals surface area contributed by atoms with E-state index in [1.165, 1.54) is 5.01 Å². The van der Waals surface area contributed by atoms with Gasteiger partial charge in [-0.3, -0.25) is 14.4 Å². The van der Waals surface area contributed by atoms with E-state index in [9.17, 15) is 14.4 Å². The van der Waals surface area contributed by atoms with E-state index in [-0.39, 0.29) is 24.8 Å². The first-order valence-electron chi connectivity index (χ1n) is 12.5. The number of pyridine rings is 1. The van der Waals surface area contributed by atoms with Crippen molar-refractivity contribution in [1.29, 1.82) is 0 Å². The topological polar surface area (TPSA) is 106 Å². The van der Waals surface area contributed by atoms with Crippen LogP contribution in [0, 0.1) is 0 Å². The van der Waals surface area contributed by atoms with E-state index >= 15 is 0 Å². The first-order valence-corrected chi connectivity index (χ1v) is 12.9. The highest BCUT2D eigenvalue weighted by Gasteiger charge is 2.35. The number of carbonyl (C=O) groups is 2. The quantitative estimate of drug-likeness (QED) is 0.323. The lowest BCUT2D eigenvalue weighted by molar-refractivity contribution is -0.141. The number of aliphatic carboxylic acids is 1. The Hall–Kier alpha value is -4.43. The summed E-state index contributed by atoms with van der Waals surface area (Å²) in [6, 6.07) is 22.1. The maximum Gasteiger partial charge on any atom is 0.303 e. The van der Waals surface area contributed by atoms with Gasteiger partial charge in [-0.1, -0.05) is 54.1 Å². The zero-order chi connectivity index (χ0) is 27.7. The number of nitrogens with zero attached hydrogens (tertiary/aromatic N) is 3. The van der Waals surface area contributed by atoms with Gasteiger partial charge in [0, 0.05) is 54.1 Å². The van der Waals surface area contributed by atoms with E-state index in [0.717, 1.165) is 22.2 Å². The molecule has 8 nitrogen and oxygen atoms in total. The van der Waals surface area contributed by atoms with Gasteiger partial charge in [0.15, 0.2) is 0 Å². The molecular weight excluding hydrogens is 516 g/mol. The van der Waals surface area contributed by atoms with E-state index in [1.807, 2.05) is 73.6 Å². The molecule has 3 aromatic carbocycles. The minimum atomic E-state index is -1.06. The Bertz CT molecular complexity index is 1650. The molecule has 39 heavy (non-hydrogen) atoms. The lowest BCUT2D eigenvalue weighted by atomic mass is 9.91. The van der Waals surface area contributed by atoms with Crippen LogP contribution < -0.4 is 10.5 Å². The summed E-state index contributed by atoms with van der Waals surface area (Å²) in [4.78, 5) is 42.9. The van der Waals surface area contributed by atoms with Crippen LogP contribution in [0.4, 0.5) is 5.69 Å². The number of carboxylic acid groups (broad SMARTS) is 1. The summed E-state index contributed by atoms with van der Waals surface area (Å²) in [7, 11) is 3.88. The molecule has 0 saturated heterocycles. The number of halogens is 1. The SMILES string of the molecule is CN(C)c1ccc([C@@H]2CC(c3c(-c4ccccc4)c4cc(Cl)ccc4[nH]c3=O)=NN2C(=O)CCC(=O)O)cc1. The number of fused-ring (bicyclic) bond motifs is 1. The molecule has 0 spiro atoms. The molecule has 0 fully saturated rings. The van der Waals surface area contributed by atoms with Crippen LogP contribution in [-0.4, -0.2) is 46.8 Å². The summed E-state index contributed by atoms with van der Waals surface area (Å²) in [5.41, 5.74) is 4.44. The second kappa shape index (κ2) is 10.7. The normalized spacial score (nSPS) is 14.9. The zero-order valence-corrected chi connectivity index (χ0v) is 22.3. The van der Waals surface area contributed by atoms with Crippen molar-refractivity contribution >= 4 is 45.8 Å². The van der Waals surface area contributed by atoms with Gasteiger partial charge in [-0.05, 0) is 41.5 Å². The van der Waals surface area contributed by atoms with Gasteiger partial charge in [0.25, 0.3) is 5.56 Å². The highest BCUT2D eigenvalue weighted by atomic mass is 35.5. The Morgan fingerprint density at radius 1 is 1.03 bits per heavy atom. The summed E-state index contributed by atoms with van der Waals surface area (Å²) in [6.07, 6.45) is -0.223. The van der Waals surface area contributed by atoms with Gasteiger partial charge in [0.2, 0.25) is 5.91 Å². The fourth-order valence-corrected chi connectivity index (χ4v) is 5.09. The summed E-state index contributed by atoms with van der Waals surface area (Å²) in [6.45, 7) is 0. The number of hydrazone groups is 1. The fourth-order valence-electron chi connectivity index (χ4n) is 4.92. The van der Waals surface area contributed by atoms with Crippen molar-refractivity contribution in [2.75, 3.05) is 19.0 Å². The summed E-state index contributed by atoms with van der Waals surface area (Å²) < 4.78 is 0. The number of benzene rings is 3. The molecule has 0 radical (unpaired) electrons. The van der Waals surface area contributed by atoms with Gasteiger partial charge < -0.3 is 15.0 Å². The average Bonchev–Trinajstić information content (AvgIpc) is 3.37. The lowest BCUT2D eigenvalue weighted by Gasteiger charge is -2.22. The van der Waals surface area contributed by atoms with Gasteiger partial charge in [-0.15, -0.1) is 0 Å². The van der Waals surface area contributed by atoms with Crippen LogP contribution in [0.5, 0.6) is 0 Å². The second-order valence-corrected chi connectivity index (χ2v) is 10.1. The summed E-state index contributed by atoms with van der Waals surface area (Å²) in [5, 5.41) is 16.4. The first kappa shape index (κ1) is 26.2. The van der Waals surface area contributed by atoms with Gasteiger partial charge >= 0.3 is 5.97 Å². The highest BCUT2D eigenvalue weighted by Crippen LogP contribution is 2.38. The molecule has 1 aliphatic heterocycles. The van der Waals surface area contributed by atoms with E-state index in [0.29, 0.717) is 27.4 Å². The standard InChI is InChI=1S/C30H27ClN4O4/c1-34(2)21-11-8-18(9-12-21)25-17-24(33-35(25)26(36)14-15-27(37)38)29-28(19-6-4-3-5-7-19)22-16-20(31)10-13-23(22)32-30(29)39/h3-13,16,25H,14-15,17H2,1-2H3,(H,32,39)(H,37,38)/t25-/m0/s1. The van der Waals surface area contributed by atoms with Gasteiger partial charge in [-0.25, -0.2) is 5.01 Å². The average molecular weight is 543 g/mol. The maximum atomic E-state index is 13.6. The first-order chi connectivity index (χ1) is 18.7. The lowest BCUT2D eigenvalue weighted by Crippen LogP contribution is -2.27. The van der Waals surface area contributed by atoms with Crippen molar-refractivity contribution in [3.8, 4) is 11.1 Å². The molecule has 1 amide bonds. The Labute approximate surface area is 230 Å². The Morgan fingerprint density at radius 3 is 2.41 bits per heavy atom. The van der Waals surface area contributed by atoms with Crippen molar-refractivity contribution in [2.45, 2.75) is 25.3 Å². The summed E-state index contributed by atoms with van der Waals surface area (Å²) in [5.74, 6) is -1.48. The number of carboxylic acids is 1.